The summed E-state index contributed by atoms with van der Waals surface area (Å²) in [5.41, 5.74) is 6.66. The first-order valence-electron chi connectivity index (χ1n) is 5.81. The number of amidine groups is 1. The van der Waals surface area contributed by atoms with Crippen molar-refractivity contribution in [3.05, 3.63) is 17.5 Å². The van der Waals surface area contributed by atoms with E-state index in [-0.39, 0.29) is 12.4 Å². The molecule has 0 atom stereocenters. The van der Waals surface area contributed by atoms with Crippen LogP contribution in [0.25, 0.3) is 0 Å². The van der Waals surface area contributed by atoms with Gasteiger partial charge in [0.1, 0.15) is 5.69 Å². The van der Waals surface area contributed by atoms with Gasteiger partial charge in [-0.2, -0.15) is 0 Å². The van der Waals surface area contributed by atoms with Crippen LogP contribution in [0.3, 0.4) is 0 Å². The van der Waals surface area contributed by atoms with E-state index in [1.165, 1.54) is 0 Å². The fourth-order valence-corrected chi connectivity index (χ4v) is 1.54. The Bertz CT molecular complexity index is 422. The summed E-state index contributed by atoms with van der Waals surface area (Å²) in [5.74, 6) is 0.479. The molecule has 7 nitrogen and oxygen atoms in total. The van der Waals surface area contributed by atoms with E-state index < -0.39 is 0 Å². The Morgan fingerprint density at radius 3 is 2.78 bits per heavy atom. The average Bonchev–Trinajstić information content (AvgIpc) is 2.38. The first-order chi connectivity index (χ1) is 8.62. The third kappa shape index (κ3) is 3.56. The summed E-state index contributed by atoms with van der Waals surface area (Å²) in [4.78, 5) is 10.5. The minimum absolute atomic E-state index is 0.0417. The highest BCUT2D eigenvalue weighted by Crippen LogP contribution is 2.10. The lowest BCUT2D eigenvalue weighted by atomic mass is 10.3. The first kappa shape index (κ1) is 14.2. The van der Waals surface area contributed by atoms with Crippen molar-refractivity contribution < 1.29 is 10.3 Å². The molecule has 0 bridgehead atoms. The Morgan fingerprint density at radius 2 is 2.22 bits per heavy atom. The molecule has 18 heavy (non-hydrogen) atoms. The Balaban J connectivity index is 3.03. The van der Waals surface area contributed by atoms with E-state index in [1.54, 1.807) is 6.07 Å². The third-order valence-corrected chi connectivity index (χ3v) is 2.46. The van der Waals surface area contributed by atoms with Gasteiger partial charge < -0.3 is 20.9 Å². The number of rotatable bonds is 6. The number of aliphatic hydroxyl groups is 1. The van der Waals surface area contributed by atoms with Gasteiger partial charge in [0.25, 0.3) is 0 Å². The van der Waals surface area contributed by atoms with Gasteiger partial charge in [-0.25, -0.2) is 9.97 Å². The fraction of sp³-hybridized carbons (Fsp3) is 0.545. The van der Waals surface area contributed by atoms with E-state index >= 15 is 0 Å². The van der Waals surface area contributed by atoms with Crippen LogP contribution in [0.5, 0.6) is 0 Å². The zero-order valence-electron chi connectivity index (χ0n) is 10.7. The quantitative estimate of drug-likeness (QED) is 0.287. The lowest BCUT2D eigenvalue weighted by Gasteiger charge is -2.21. The van der Waals surface area contributed by atoms with Gasteiger partial charge >= 0.3 is 0 Å². The molecule has 7 heteroatoms. The van der Waals surface area contributed by atoms with E-state index in [9.17, 15) is 0 Å². The van der Waals surface area contributed by atoms with Crippen molar-refractivity contribution in [2.45, 2.75) is 20.3 Å². The Labute approximate surface area is 106 Å². The Kier molecular flexibility index (Phi) is 5.31. The van der Waals surface area contributed by atoms with Crippen LogP contribution in [-0.2, 0) is 0 Å². The molecular formula is C11H19N5O2. The van der Waals surface area contributed by atoms with E-state index in [1.807, 2.05) is 18.7 Å². The summed E-state index contributed by atoms with van der Waals surface area (Å²) in [7, 11) is 0. The second-order valence-electron chi connectivity index (χ2n) is 3.84. The molecular weight excluding hydrogens is 234 g/mol. The van der Waals surface area contributed by atoms with Crippen molar-refractivity contribution in [1.29, 1.82) is 0 Å². The molecule has 0 saturated heterocycles. The fourth-order valence-electron chi connectivity index (χ4n) is 1.54. The summed E-state index contributed by atoms with van der Waals surface area (Å²) < 4.78 is 0. The van der Waals surface area contributed by atoms with Crippen molar-refractivity contribution in [2.75, 3.05) is 24.6 Å². The number of aromatic nitrogens is 2. The lowest BCUT2D eigenvalue weighted by Crippen LogP contribution is -2.28. The number of nitrogens with zero attached hydrogens (tertiary/aromatic N) is 4. The van der Waals surface area contributed by atoms with Crippen LogP contribution in [-0.4, -0.2) is 45.8 Å². The minimum atomic E-state index is -0.0417. The standard InChI is InChI=1S/C11H19N5O2/c1-3-16(5-4-6-17)11-13-8(2)7-9(14-11)10(12)15-18/h7,17-18H,3-6H2,1-2H3,(H2,12,15). The summed E-state index contributed by atoms with van der Waals surface area (Å²) in [6, 6.07) is 1.65. The number of aliphatic hydroxyl groups excluding tert-OH is 1. The second kappa shape index (κ2) is 6.75. The van der Waals surface area contributed by atoms with Crippen LogP contribution in [0.4, 0.5) is 5.95 Å². The number of anilines is 1. The van der Waals surface area contributed by atoms with Crippen LogP contribution in [0.2, 0.25) is 0 Å². The van der Waals surface area contributed by atoms with Gasteiger partial charge in [-0.15, -0.1) is 0 Å². The maximum absolute atomic E-state index is 8.85. The molecule has 0 amide bonds. The first-order valence-corrected chi connectivity index (χ1v) is 5.81. The summed E-state index contributed by atoms with van der Waals surface area (Å²) in [5, 5.41) is 20.5. The highest BCUT2D eigenvalue weighted by molar-refractivity contribution is 5.95. The van der Waals surface area contributed by atoms with E-state index in [0.29, 0.717) is 24.6 Å². The Hall–Kier alpha value is -1.89. The lowest BCUT2D eigenvalue weighted by molar-refractivity contribution is 0.289. The van der Waals surface area contributed by atoms with Crippen LogP contribution in [0.15, 0.2) is 11.2 Å². The maximum Gasteiger partial charge on any atom is 0.226 e. The SMILES string of the molecule is CCN(CCCO)c1nc(C)cc(/C(N)=N/O)n1. The van der Waals surface area contributed by atoms with Gasteiger partial charge in [-0.05, 0) is 26.3 Å². The Morgan fingerprint density at radius 1 is 1.50 bits per heavy atom. The zero-order valence-corrected chi connectivity index (χ0v) is 10.7. The molecule has 1 aromatic heterocycles. The predicted octanol–water partition coefficient (Wildman–Crippen LogP) is 0.0882. The van der Waals surface area contributed by atoms with Gasteiger partial charge in [0.15, 0.2) is 5.84 Å². The van der Waals surface area contributed by atoms with Crippen molar-refractivity contribution in [1.82, 2.24) is 9.97 Å². The van der Waals surface area contributed by atoms with Crippen molar-refractivity contribution in [3.8, 4) is 0 Å². The molecule has 0 unspecified atom stereocenters. The molecule has 100 valence electrons. The summed E-state index contributed by atoms with van der Waals surface area (Å²) >= 11 is 0. The third-order valence-electron chi connectivity index (χ3n) is 2.46. The maximum atomic E-state index is 8.85. The molecule has 1 heterocycles. The van der Waals surface area contributed by atoms with Crippen molar-refractivity contribution in [2.24, 2.45) is 10.9 Å². The molecule has 1 aromatic rings. The molecule has 0 spiro atoms. The van der Waals surface area contributed by atoms with E-state index in [4.69, 9.17) is 16.0 Å². The number of oxime groups is 1. The van der Waals surface area contributed by atoms with Gasteiger partial charge in [0.05, 0.1) is 0 Å². The molecule has 0 aromatic carbocycles. The van der Waals surface area contributed by atoms with Crippen LogP contribution < -0.4 is 10.6 Å². The number of nitrogens with two attached hydrogens (primary N) is 1. The number of aryl methyl sites for hydroxylation is 1. The average molecular weight is 253 g/mol. The summed E-state index contributed by atoms with van der Waals surface area (Å²) in [6.07, 6.45) is 0.643. The largest absolute Gasteiger partial charge is 0.409 e. The topological polar surface area (TPSA) is 108 Å². The highest BCUT2D eigenvalue weighted by atomic mass is 16.4. The molecule has 0 radical (unpaired) electrons. The number of hydrogen-bond acceptors (Lipinski definition) is 6. The molecule has 0 aliphatic rings. The molecule has 0 fully saturated rings. The van der Waals surface area contributed by atoms with E-state index in [0.717, 1.165) is 12.2 Å². The normalized spacial score (nSPS) is 11.6. The highest BCUT2D eigenvalue weighted by Gasteiger charge is 2.11. The number of hydrogen-bond donors (Lipinski definition) is 3. The van der Waals surface area contributed by atoms with Crippen LogP contribution in [0.1, 0.15) is 24.7 Å². The molecule has 0 saturated carbocycles. The molecule has 0 aliphatic heterocycles. The second-order valence-corrected chi connectivity index (χ2v) is 3.84. The summed E-state index contributed by atoms with van der Waals surface area (Å²) in [6.45, 7) is 5.30. The molecule has 4 N–H and O–H groups in total. The zero-order chi connectivity index (χ0) is 13.5. The van der Waals surface area contributed by atoms with Crippen molar-refractivity contribution >= 4 is 11.8 Å². The molecule has 0 aliphatic carbocycles. The van der Waals surface area contributed by atoms with Gasteiger partial charge in [-0.1, -0.05) is 5.16 Å². The van der Waals surface area contributed by atoms with Gasteiger partial charge in [0, 0.05) is 25.4 Å². The van der Waals surface area contributed by atoms with Gasteiger partial charge in [-0.3, -0.25) is 0 Å². The van der Waals surface area contributed by atoms with Crippen LogP contribution >= 0.6 is 0 Å². The van der Waals surface area contributed by atoms with Crippen LogP contribution in [0, 0.1) is 6.92 Å². The molecule has 1 rings (SSSR count). The van der Waals surface area contributed by atoms with Crippen molar-refractivity contribution in [3.63, 3.8) is 0 Å². The monoisotopic (exact) mass is 253 g/mol. The van der Waals surface area contributed by atoms with Gasteiger partial charge in [0.2, 0.25) is 5.95 Å². The minimum Gasteiger partial charge on any atom is -0.409 e. The predicted molar refractivity (Wildman–Crippen MR) is 68.9 cm³/mol. The van der Waals surface area contributed by atoms with E-state index in [2.05, 4.69) is 15.1 Å². The smallest absolute Gasteiger partial charge is 0.226 e.